The minimum atomic E-state index is -4.66. The van der Waals surface area contributed by atoms with Crippen LogP contribution in [0.4, 0.5) is 23.7 Å². The van der Waals surface area contributed by atoms with Gasteiger partial charge in [0.2, 0.25) is 0 Å². The molecule has 0 saturated heterocycles. The lowest BCUT2D eigenvalue weighted by Crippen LogP contribution is -2.20. The number of aromatic nitrogens is 1. The molecule has 2 amide bonds. The second-order valence-corrected chi connectivity index (χ2v) is 5.49. The Labute approximate surface area is 150 Å². The fourth-order valence-electron chi connectivity index (χ4n) is 2.12. The van der Waals surface area contributed by atoms with Crippen LogP contribution in [-0.4, -0.2) is 16.8 Å². The van der Waals surface area contributed by atoms with Gasteiger partial charge in [0.25, 0.3) is 0 Å². The van der Waals surface area contributed by atoms with Crippen LogP contribution >= 0.6 is 11.6 Å². The molecule has 0 fully saturated rings. The predicted molar refractivity (Wildman–Crippen MR) is 86.6 cm³/mol. The summed E-state index contributed by atoms with van der Waals surface area (Å²) in [6, 6.07) is 6.99. The van der Waals surface area contributed by atoms with Gasteiger partial charge in [-0.25, -0.2) is 4.79 Å². The topological polar surface area (TPSA) is 109 Å². The number of urea groups is 1. The number of halogens is 4. The summed E-state index contributed by atoms with van der Waals surface area (Å²) in [5.74, 6) is -2.26. The molecular weight excluding hydrogens is 373 g/mol. The predicted octanol–water partition coefficient (Wildman–Crippen LogP) is 3.73. The number of nitrogens with two attached hydrogens (primary N) is 1. The normalized spacial score (nSPS) is 12.1. The Hall–Kier alpha value is -3.12. The summed E-state index contributed by atoms with van der Waals surface area (Å²) < 4.78 is 38.0. The van der Waals surface area contributed by atoms with E-state index in [0.29, 0.717) is 12.3 Å². The van der Waals surface area contributed by atoms with Crippen molar-refractivity contribution in [2.45, 2.75) is 12.1 Å². The van der Waals surface area contributed by atoms with Gasteiger partial charge in [-0.3, -0.25) is 9.78 Å². The van der Waals surface area contributed by atoms with Gasteiger partial charge in [0.05, 0.1) is 22.3 Å². The maximum Gasteiger partial charge on any atom is 0.417 e. The number of nitrogens with one attached hydrogen (secondary N) is 1. The molecule has 2 rings (SSSR count). The van der Waals surface area contributed by atoms with E-state index in [9.17, 15) is 28.0 Å². The number of nitrogens with zero attached hydrogens (tertiary/aromatic N) is 2. The number of ketones is 1. The molecule has 0 unspecified atom stereocenters. The summed E-state index contributed by atoms with van der Waals surface area (Å²) in [7, 11) is 0. The quantitative estimate of drug-likeness (QED) is 0.785. The number of primary amides is 1. The SMILES string of the molecule is N#C[C@@H](C(=O)c1cccc(NC(N)=O)c1)c1ncc(C(F)(F)F)cc1Cl. The van der Waals surface area contributed by atoms with Crippen LogP contribution in [0.2, 0.25) is 5.02 Å². The lowest BCUT2D eigenvalue weighted by atomic mass is 9.94. The molecule has 0 aliphatic heterocycles. The van der Waals surface area contributed by atoms with Crippen molar-refractivity contribution in [2.75, 3.05) is 5.32 Å². The number of rotatable bonds is 4. The molecule has 6 nitrogen and oxygen atoms in total. The number of carbonyl (C=O) groups is 2. The van der Waals surface area contributed by atoms with Crippen LogP contribution in [0.15, 0.2) is 36.5 Å². The number of Topliss-reactive ketones (excluding diaryl/α,β-unsaturated/α-hetero) is 1. The molecule has 0 aliphatic rings. The maximum absolute atomic E-state index is 12.7. The molecular formula is C16H10ClF3N4O2. The minimum absolute atomic E-state index is 0.0283. The second kappa shape index (κ2) is 7.41. The molecule has 26 heavy (non-hydrogen) atoms. The van der Waals surface area contributed by atoms with Gasteiger partial charge in [0.1, 0.15) is 0 Å². The van der Waals surface area contributed by atoms with Crippen molar-refractivity contribution in [3.63, 3.8) is 0 Å². The van der Waals surface area contributed by atoms with Crippen LogP contribution in [0.5, 0.6) is 0 Å². The van der Waals surface area contributed by atoms with Crippen molar-refractivity contribution >= 4 is 29.1 Å². The van der Waals surface area contributed by atoms with Gasteiger partial charge in [-0.05, 0) is 18.2 Å². The van der Waals surface area contributed by atoms with Crippen LogP contribution in [0, 0.1) is 11.3 Å². The van der Waals surface area contributed by atoms with E-state index in [2.05, 4.69) is 10.3 Å². The number of hydrogen-bond acceptors (Lipinski definition) is 4. The molecule has 0 saturated carbocycles. The van der Waals surface area contributed by atoms with Gasteiger partial charge >= 0.3 is 12.2 Å². The van der Waals surface area contributed by atoms with Gasteiger partial charge in [-0.2, -0.15) is 18.4 Å². The van der Waals surface area contributed by atoms with Crippen LogP contribution in [0.1, 0.15) is 27.5 Å². The van der Waals surface area contributed by atoms with Crippen molar-refractivity contribution in [3.8, 4) is 6.07 Å². The first-order chi connectivity index (χ1) is 12.1. The van der Waals surface area contributed by atoms with E-state index in [1.54, 1.807) is 6.07 Å². The van der Waals surface area contributed by atoms with Crippen molar-refractivity contribution in [1.82, 2.24) is 4.98 Å². The van der Waals surface area contributed by atoms with Crippen LogP contribution in [0.25, 0.3) is 0 Å². The molecule has 0 spiro atoms. The fourth-order valence-corrected chi connectivity index (χ4v) is 2.39. The van der Waals surface area contributed by atoms with E-state index in [1.807, 2.05) is 0 Å². The zero-order valence-electron chi connectivity index (χ0n) is 12.8. The van der Waals surface area contributed by atoms with E-state index in [-0.39, 0.29) is 16.9 Å². The highest BCUT2D eigenvalue weighted by Gasteiger charge is 2.33. The molecule has 3 N–H and O–H groups in total. The zero-order chi connectivity index (χ0) is 19.5. The largest absolute Gasteiger partial charge is 0.417 e. The Morgan fingerprint density at radius 2 is 2.00 bits per heavy atom. The number of alkyl halides is 3. The standard InChI is InChI=1S/C16H10ClF3N4O2/c17-12-5-9(16(18,19)20)7-23-13(12)11(6-21)14(25)8-2-1-3-10(4-8)24-15(22)26/h1-5,7,11H,(H3,22,24,26)/t11-/m1/s1. The van der Waals surface area contributed by atoms with Crippen molar-refractivity contribution in [3.05, 3.63) is 58.4 Å². The average Bonchev–Trinajstić information content (AvgIpc) is 2.55. The third-order valence-corrected chi connectivity index (χ3v) is 3.58. The molecule has 134 valence electrons. The highest BCUT2D eigenvalue weighted by atomic mass is 35.5. The van der Waals surface area contributed by atoms with Crippen molar-refractivity contribution < 1.29 is 22.8 Å². The van der Waals surface area contributed by atoms with Crippen molar-refractivity contribution in [1.29, 1.82) is 5.26 Å². The van der Waals surface area contributed by atoms with Gasteiger partial charge < -0.3 is 11.1 Å². The van der Waals surface area contributed by atoms with Gasteiger partial charge in [-0.1, -0.05) is 23.7 Å². The number of pyridine rings is 1. The summed E-state index contributed by atoms with van der Waals surface area (Å²) in [5, 5.41) is 11.1. The average molecular weight is 383 g/mol. The number of carbonyl (C=O) groups excluding carboxylic acids is 2. The van der Waals surface area contributed by atoms with Crippen molar-refractivity contribution in [2.24, 2.45) is 5.73 Å². The summed E-state index contributed by atoms with van der Waals surface area (Å²) in [5.41, 5.74) is 3.85. The van der Waals surface area contributed by atoms with E-state index >= 15 is 0 Å². The summed E-state index contributed by atoms with van der Waals surface area (Å²) >= 11 is 5.80. The lowest BCUT2D eigenvalue weighted by Gasteiger charge is -2.13. The number of hydrogen-bond donors (Lipinski definition) is 2. The lowest BCUT2D eigenvalue weighted by molar-refractivity contribution is -0.137. The van der Waals surface area contributed by atoms with E-state index < -0.39 is 34.5 Å². The Morgan fingerprint density at radius 1 is 1.31 bits per heavy atom. The molecule has 0 aliphatic carbocycles. The van der Waals surface area contributed by atoms with E-state index in [1.165, 1.54) is 24.3 Å². The Kier molecular flexibility index (Phi) is 5.47. The zero-order valence-corrected chi connectivity index (χ0v) is 13.6. The molecule has 2 aromatic rings. The second-order valence-electron chi connectivity index (χ2n) is 5.09. The molecule has 0 bridgehead atoms. The highest BCUT2D eigenvalue weighted by molar-refractivity contribution is 6.31. The fraction of sp³-hybridized carbons (Fsp3) is 0.125. The maximum atomic E-state index is 12.7. The molecule has 1 atom stereocenters. The third kappa shape index (κ3) is 4.29. The Balaban J connectivity index is 2.39. The van der Waals surface area contributed by atoms with Gasteiger partial charge in [0, 0.05) is 17.4 Å². The van der Waals surface area contributed by atoms with Crippen LogP contribution in [-0.2, 0) is 6.18 Å². The summed E-state index contributed by atoms with van der Waals surface area (Å²) in [4.78, 5) is 27.0. The van der Waals surface area contributed by atoms with Gasteiger partial charge in [-0.15, -0.1) is 0 Å². The Bertz CT molecular complexity index is 909. The molecule has 1 aromatic carbocycles. The van der Waals surface area contributed by atoms with E-state index in [0.717, 1.165) is 0 Å². The molecule has 1 heterocycles. The summed E-state index contributed by atoms with van der Waals surface area (Å²) in [6.45, 7) is 0. The minimum Gasteiger partial charge on any atom is -0.351 e. The monoisotopic (exact) mass is 382 g/mol. The van der Waals surface area contributed by atoms with Crippen LogP contribution in [0.3, 0.4) is 0 Å². The Morgan fingerprint density at radius 3 is 2.54 bits per heavy atom. The number of nitriles is 1. The summed E-state index contributed by atoms with van der Waals surface area (Å²) in [6.07, 6.45) is -4.15. The highest BCUT2D eigenvalue weighted by Crippen LogP contribution is 2.33. The molecule has 1 aromatic heterocycles. The molecule has 10 heteroatoms. The first-order valence-electron chi connectivity index (χ1n) is 6.96. The number of benzene rings is 1. The first-order valence-corrected chi connectivity index (χ1v) is 7.34. The number of amides is 2. The third-order valence-electron chi connectivity index (χ3n) is 3.28. The van der Waals surface area contributed by atoms with Crippen LogP contribution < -0.4 is 11.1 Å². The smallest absolute Gasteiger partial charge is 0.351 e. The van der Waals surface area contributed by atoms with Gasteiger partial charge in [0.15, 0.2) is 11.7 Å². The first kappa shape index (κ1) is 19.2. The number of anilines is 1. The van der Waals surface area contributed by atoms with E-state index in [4.69, 9.17) is 17.3 Å². The molecule has 0 radical (unpaired) electrons.